The van der Waals surface area contributed by atoms with Gasteiger partial charge in [-0.2, -0.15) is 0 Å². The van der Waals surface area contributed by atoms with Crippen molar-refractivity contribution in [3.8, 4) is 0 Å². The molecule has 0 spiro atoms. The lowest BCUT2D eigenvalue weighted by molar-refractivity contribution is 0.342. The summed E-state index contributed by atoms with van der Waals surface area (Å²) in [6, 6.07) is 0. The van der Waals surface area contributed by atoms with E-state index in [1.54, 1.807) is 6.92 Å². The van der Waals surface area contributed by atoms with Crippen LogP contribution < -0.4 is 5.73 Å². The van der Waals surface area contributed by atoms with E-state index in [0.29, 0.717) is 12.5 Å². The van der Waals surface area contributed by atoms with Gasteiger partial charge < -0.3 is 5.73 Å². The van der Waals surface area contributed by atoms with Gasteiger partial charge in [0.15, 0.2) is 9.84 Å². The van der Waals surface area contributed by atoms with E-state index >= 15 is 0 Å². The van der Waals surface area contributed by atoms with E-state index in [9.17, 15) is 8.42 Å². The van der Waals surface area contributed by atoms with Crippen LogP contribution in [0.15, 0.2) is 0 Å². The third-order valence-electron chi connectivity index (χ3n) is 3.27. The van der Waals surface area contributed by atoms with E-state index in [4.69, 9.17) is 5.73 Å². The third kappa shape index (κ3) is 2.70. The minimum absolute atomic E-state index is 0.228. The van der Waals surface area contributed by atoms with Gasteiger partial charge in [0, 0.05) is 12.3 Å². The van der Waals surface area contributed by atoms with Gasteiger partial charge in [-0.15, -0.1) is 0 Å². The van der Waals surface area contributed by atoms with Crippen molar-refractivity contribution in [2.75, 3.05) is 12.3 Å². The smallest absolute Gasteiger partial charge is 0.154 e. The zero-order valence-electron chi connectivity index (χ0n) is 8.91. The Morgan fingerprint density at radius 2 is 1.86 bits per heavy atom. The third-order valence-corrected chi connectivity index (χ3v) is 5.58. The molecule has 0 aromatic heterocycles. The Labute approximate surface area is 87.0 Å². The maximum absolute atomic E-state index is 11.7. The van der Waals surface area contributed by atoms with Crippen molar-refractivity contribution in [3.05, 3.63) is 0 Å². The number of rotatable bonds is 4. The van der Waals surface area contributed by atoms with Crippen LogP contribution in [0.2, 0.25) is 0 Å². The molecule has 1 aliphatic carbocycles. The molecule has 0 unspecified atom stereocenters. The van der Waals surface area contributed by atoms with Gasteiger partial charge in [-0.25, -0.2) is 8.42 Å². The van der Waals surface area contributed by atoms with Crippen molar-refractivity contribution in [1.29, 1.82) is 0 Å². The number of hydrogen-bond donors (Lipinski definition) is 1. The highest BCUT2D eigenvalue weighted by atomic mass is 32.2. The van der Waals surface area contributed by atoms with Gasteiger partial charge in [0.1, 0.15) is 0 Å². The molecule has 2 N–H and O–H groups in total. The molecule has 14 heavy (non-hydrogen) atoms. The summed E-state index contributed by atoms with van der Waals surface area (Å²) < 4.78 is 23.5. The molecule has 1 saturated carbocycles. The second-order valence-corrected chi connectivity index (χ2v) is 6.63. The molecule has 1 rings (SSSR count). The normalized spacial score (nSPS) is 22.1. The first kappa shape index (κ1) is 12.0. The van der Waals surface area contributed by atoms with Crippen molar-refractivity contribution >= 4 is 9.84 Å². The first-order chi connectivity index (χ1) is 6.61. The lowest BCUT2D eigenvalue weighted by atomic mass is 9.87. The van der Waals surface area contributed by atoms with E-state index in [0.717, 1.165) is 12.8 Å². The Bertz CT molecular complexity index is 255. The summed E-state index contributed by atoms with van der Waals surface area (Å²) in [5.41, 5.74) is 5.59. The van der Waals surface area contributed by atoms with E-state index in [2.05, 4.69) is 0 Å². The Kier molecular flexibility index (Phi) is 4.38. The lowest BCUT2D eigenvalue weighted by Crippen LogP contribution is -2.38. The molecule has 0 saturated heterocycles. The van der Waals surface area contributed by atoms with Crippen LogP contribution in [0.1, 0.15) is 39.0 Å². The van der Waals surface area contributed by atoms with E-state index in [-0.39, 0.29) is 11.0 Å². The molecule has 0 aromatic rings. The van der Waals surface area contributed by atoms with Crippen LogP contribution >= 0.6 is 0 Å². The molecular weight excluding hydrogens is 198 g/mol. The van der Waals surface area contributed by atoms with Gasteiger partial charge >= 0.3 is 0 Å². The highest BCUT2D eigenvalue weighted by Crippen LogP contribution is 2.29. The van der Waals surface area contributed by atoms with Crippen molar-refractivity contribution in [1.82, 2.24) is 0 Å². The Morgan fingerprint density at radius 3 is 2.29 bits per heavy atom. The van der Waals surface area contributed by atoms with Gasteiger partial charge in [0.05, 0.1) is 5.25 Å². The fraction of sp³-hybridized carbons (Fsp3) is 1.00. The highest BCUT2D eigenvalue weighted by molar-refractivity contribution is 7.92. The van der Waals surface area contributed by atoms with Gasteiger partial charge in [-0.3, -0.25) is 0 Å². The van der Waals surface area contributed by atoms with Gasteiger partial charge in [-0.1, -0.05) is 26.2 Å². The van der Waals surface area contributed by atoms with Crippen molar-refractivity contribution < 1.29 is 8.42 Å². The molecular formula is C10H21NO2S. The maximum atomic E-state index is 11.7. The van der Waals surface area contributed by atoms with Gasteiger partial charge in [-0.05, 0) is 18.8 Å². The molecule has 3 nitrogen and oxygen atoms in total. The van der Waals surface area contributed by atoms with Crippen molar-refractivity contribution in [2.24, 2.45) is 11.7 Å². The molecule has 4 heteroatoms. The summed E-state index contributed by atoms with van der Waals surface area (Å²) in [7, 11) is -2.93. The van der Waals surface area contributed by atoms with Crippen LogP contribution in [-0.2, 0) is 9.84 Å². The topological polar surface area (TPSA) is 60.2 Å². The molecule has 0 aromatic carbocycles. The lowest BCUT2D eigenvalue weighted by Gasteiger charge is -2.28. The quantitative estimate of drug-likeness (QED) is 0.776. The molecule has 0 bridgehead atoms. The second kappa shape index (κ2) is 5.12. The van der Waals surface area contributed by atoms with Crippen LogP contribution in [0, 0.1) is 5.92 Å². The molecule has 1 fully saturated rings. The Hall–Kier alpha value is -0.0900. The minimum atomic E-state index is -2.93. The van der Waals surface area contributed by atoms with Crippen LogP contribution in [0.5, 0.6) is 0 Å². The molecule has 1 aliphatic rings. The fourth-order valence-corrected chi connectivity index (χ4v) is 3.93. The minimum Gasteiger partial charge on any atom is -0.329 e. The average molecular weight is 219 g/mol. The molecule has 0 radical (unpaired) electrons. The SMILES string of the molecule is CCS(=O)(=O)[C@H](CN)C1CCCCC1. The van der Waals surface area contributed by atoms with Gasteiger partial charge in [0.2, 0.25) is 0 Å². The monoisotopic (exact) mass is 219 g/mol. The maximum Gasteiger partial charge on any atom is 0.154 e. The van der Waals surface area contributed by atoms with Crippen molar-refractivity contribution in [2.45, 2.75) is 44.3 Å². The summed E-state index contributed by atoms with van der Waals surface area (Å²) in [5.74, 6) is 0.546. The van der Waals surface area contributed by atoms with E-state index in [1.165, 1.54) is 19.3 Å². The van der Waals surface area contributed by atoms with Crippen LogP contribution in [0.25, 0.3) is 0 Å². The van der Waals surface area contributed by atoms with Gasteiger partial charge in [0.25, 0.3) is 0 Å². The first-order valence-corrected chi connectivity index (χ1v) is 7.25. The summed E-state index contributed by atoms with van der Waals surface area (Å²) in [4.78, 5) is 0. The van der Waals surface area contributed by atoms with Crippen LogP contribution in [0.4, 0.5) is 0 Å². The summed E-state index contributed by atoms with van der Waals surface area (Å²) in [6.07, 6.45) is 5.67. The zero-order valence-corrected chi connectivity index (χ0v) is 9.72. The fourth-order valence-electron chi connectivity index (χ4n) is 2.35. The second-order valence-electron chi connectivity index (χ2n) is 4.12. The standard InChI is InChI=1S/C10H21NO2S/c1-2-14(12,13)10(8-11)9-6-4-3-5-7-9/h9-10H,2-8,11H2,1H3/t10-/m1/s1. The van der Waals surface area contributed by atoms with E-state index in [1.807, 2.05) is 0 Å². The Morgan fingerprint density at radius 1 is 1.29 bits per heavy atom. The largest absolute Gasteiger partial charge is 0.329 e. The molecule has 0 heterocycles. The number of hydrogen-bond acceptors (Lipinski definition) is 3. The summed E-state index contributed by atoms with van der Waals surface area (Å²) in [6.45, 7) is 2.00. The van der Waals surface area contributed by atoms with Crippen molar-refractivity contribution in [3.63, 3.8) is 0 Å². The van der Waals surface area contributed by atoms with Crippen LogP contribution in [-0.4, -0.2) is 26.0 Å². The molecule has 1 atom stereocenters. The number of sulfone groups is 1. The molecule has 84 valence electrons. The molecule has 0 aliphatic heterocycles. The summed E-state index contributed by atoms with van der Waals surface area (Å²) in [5, 5.41) is -0.284. The zero-order chi connectivity index (χ0) is 10.6. The summed E-state index contributed by atoms with van der Waals surface area (Å²) >= 11 is 0. The Balaban J connectivity index is 2.70. The predicted molar refractivity (Wildman–Crippen MR) is 58.9 cm³/mol. The van der Waals surface area contributed by atoms with Crippen LogP contribution in [0.3, 0.4) is 0 Å². The molecule has 0 amide bonds. The highest BCUT2D eigenvalue weighted by Gasteiger charge is 2.31. The number of nitrogens with two attached hydrogens (primary N) is 1. The average Bonchev–Trinajstić information content (AvgIpc) is 2.20. The predicted octanol–water partition coefficient (Wildman–Crippen LogP) is 1.33. The van der Waals surface area contributed by atoms with E-state index < -0.39 is 9.84 Å². The first-order valence-electron chi connectivity index (χ1n) is 5.53.